The molecule has 1 unspecified atom stereocenters. The Bertz CT molecular complexity index is 619. The van der Waals surface area contributed by atoms with Crippen LogP contribution in [0, 0.1) is 25.2 Å². The van der Waals surface area contributed by atoms with E-state index in [4.69, 9.17) is 0 Å². The zero-order valence-electron chi connectivity index (χ0n) is 11.7. The maximum atomic E-state index is 9.20. The largest absolute Gasteiger partial charge is 0.288 e. The Morgan fingerprint density at radius 3 is 2.10 bits per heavy atom. The molecule has 0 aromatic heterocycles. The lowest BCUT2D eigenvalue weighted by atomic mass is 10.1. The van der Waals surface area contributed by atoms with E-state index in [0.29, 0.717) is 0 Å². The molecule has 1 N–H and O–H groups in total. The van der Waals surface area contributed by atoms with Gasteiger partial charge in [0.25, 0.3) is 0 Å². The molecule has 3 nitrogen and oxygen atoms in total. The van der Waals surface area contributed by atoms with Crippen molar-refractivity contribution in [2.45, 2.75) is 19.9 Å². The van der Waals surface area contributed by atoms with Crippen LogP contribution in [0.5, 0.6) is 0 Å². The molecule has 3 heteroatoms. The zero-order valence-corrected chi connectivity index (χ0v) is 11.7. The molecule has 0 aliphatic heterocycles. The lowest BCUT2D eigenvalue weighted by molar-refractivity contribution is 0.672. The Balaban J connectivity index is 2.02. The van der Waals surface area contributed by atoms with Crippen LogP contribution in [-0.4, -0.2) is 6.21 Å². The van der Waals surface area contributed by atoms with Crippen LogP contribution in [0.1, 0.15) is 28.3 Å². The molecule has 2 aromatic rings. The van der Waals surface area contributed by atoms with E-state index in [0.717, 1.165) is 11.1 Å². The summed E-state index contributed by atoms with van der Waals surface area (Å²) in [5.74, 6) is 0. The smallest absolute Gasteiger partial charge is 0.155 e. The Morgan fingerprint density at radius 2 is 1.55 bits per heavy atom. The minimum absolute atomic E-state index is 0.433. The first-order valence-electron chi connectivity index (χ1n) is 6.50. The molecule has 2 rings (SSSR count). The summed E-state index contributed by atoms with van der Waals surface area (Å²) >= 11 is 0. The number of aryl methyl sites for hydroxylation is 2. The highest BCUT2D eigenvalue weighted by atomic mass is 15.3. The predicted molar refractivity (Wildman–Crippen MR) is 81.4 cm³/mol. The fourth-order valence-corrected chi connectivity index (χ4v) is 1.78. The van der Waals surface area contributed by atoms with Crippen LogP contribution < -0.4 is 5.43 Å². The van der Waals surface area contributed by atoms with Gasteiger partial charge in [-0.2, -0.15) is 10.4 Å². The maximum absolute atomic E-state index is 9.20. The molecular weight excluding hydrogens is 246 g/mol. The van der Waals surface area contributed by atoms with E-state index in [1.165, 1.54) is 11.1 Å². The Morgan fingerprint density at radius 1 is 1.00 bits per heavy atom. The van der Waals surface area contributed by atoms with E-state index in [2.05, 4.69) is 16.6 Å². The van der Waals surface area contributed by atoms with Crippen LogP contribution in [-0.2, 0) is 0 Å². The third-order valence-electron chi connectivity index (χ3n) is 3.03. The molecule has 0 radical (unpaired) electrons. The van der Waals surface area contributed by atoms with E-state index in [1.54, 1.807) is 6.21 Å². The fraction of sp³-hybridized carbons (Fsp3) is 0.176. The highest BCUT2D eigenvalue weighted by Gasteiger charge is 2.07. The zero-order chi connectivity index (χ0) is 14.4. The van der Waals surface area contributed by atoms with Crippen molar-refractivity contribution >= 4 is 6.21 Å². The number of hydrogen-bond acceptors (Lipinski definition) is 3. The van der Waals surface area contributed by atoms with Crippen molar-refractivity contribution < 1.29 is 0 Å². The molecule has 2 aromatic carbocycles. The van der Waals surface area contributed by atoms with Crippen LogP contribution in [0.25, 0.3) is 0 Å². The molecule has 20 heavy (non-hydrogen) atoms. The van der Waals surface area contributed by atoms with Crippen LogP contribution >= 0.6 is 0 Å². The van der Waals surface area contributed by atoms with Gasteiger partial charge in [0, 0.05) is 0 Å². The minimum Gasteiger partial charge on any atom is -0.288 e. The van der Waals surface area contributed by atoms with Gasteiger partial charge >= 0.3 is 0 Å². The topological polar surface area (TPSA) is 48.2 Å². The van der Waals surface area contributed by atoms with Gasteiger partial charge in [-0.25, -0.2) is 0 Å². The summed E-state index contributed by atoms with van der Waals surface area (Å²) in [6, 6.07) is 17.7. The second kappa shape index (κ2) is 6.53. The second-order valence-corrected chi connectivity index (χ2v) is 4.77. The van der Waals surface area contributed by atoms with Gasteiger partial charge in [0.15, 0.2) is 6.04 Å². The average Bonchev–Trinajstić information content (AvgIpc) is 2.47. The molecule has 100 valence electrons. The fourth-order valence-electron chi connectivity index (χ4n) is 1.78. The molecule has 0 aliphatic rings. The van der Waals surface area contributed by atoms with Crippen LogP contribution in [0.15, 0.2) is 53.6 Å². The van der Waals surface area contributed by atoms with Gasteiger partial charge in [-0.05, 0) is 25.0 Å². The number of hydrogen-bond donors (Lipinski definition) is 1. The number of nitrogens with one attached hydrogen (secondary N) is 1. The van der Waals surface area contributed by atoms with Gasteiger partial charge in [0.05, 0.1) is 12.3 Å². The van der Waals surface area contributed by atoms with E-state index in [-0.39, 0.29) is 0 Å². The van der Waals surface area contributed by atoms with Gasteiger partial charge in [-0.3, -0.25) is 5.43 Å². The molecule has 0 amide bonds. The SMILES string of the molecule is Cc1ccc(/C=N/NC(C#N)c2ccc(C)cc2)cc1. The molecule has 0 fully saturated rings. The molecular formula is C17H17N3. The predicted octanol–water partition coefficient (Wildman–Crippen LogP) is 3.49. The number of nitriles is 1. The summed E-state index contributed by atoms with van der Waals surface area (Å²) in [5.41, 5.74) is 7.18. The summed E-state index contributed by atoms with van der Waals surface area (Å²) in [7, 11) is 0. The van der Waals surface area contributed by atoms with E-state index in [1.807, 2.05) is 62.4 Å². The monoisotopic (exact) mass is 263 g/mol. The minimum atomic E-state index is -0.433. The summed E-state index contributed by atoms with van der Waals surface area (Å²) in [4.78, 5) is 0. The average molecular weight is 263 g/mol. The van der Waals surface area contributed by atoms with Crippen LogP contribution in [0.4, 0.5) is 0 Å². The highest BCUT2D eigenvalue weighted by Crippen LogP contribution is 2.12. The molecule has 0 aliphatic carbocycles. The normalized spacial score (nSPS) is 12.1. The number of nitrogens with zero attached hydrogens (tertiary/aromatic N) is 2. The molecule has 0 bridgehead atoms. The molecule has 0 saturated heterocycles. The first-order chi connectivity index (χ1) is 9.69. The highest BCUT2D eigenvalue weighted by molar-refractivity contribution is 5.79. The summed E-state index contributed by atoms with van der Waals surface area (Å²) < 4.78 is 0. The van der Waals surface area contributed by atoms with Gasteiger partial charge in [0.1, 0.15) is 0 Å². The first-order valence-corrected chi connectivity index (χ1v) is 6.50. The maximum Gasteiger partial charge on any atom is 0.155 e. The van der Waals surface area contributed by atoms with Crippen molar-refractivity contribution in [2.24, 2.45) is 5.10 Å². The van der Waals surface area contributed by atoms with Crippen molar-refractivity contribution in [3.63, 3.8) is 0 Å². The van der Waals surface area contributed by atoms with E-state index >= 15 is 0 Å². The number of benzene rings is 2. The lowest BCUT2D eigenvalue weighted by Crippen LogP contribution is -2.13. The van der Waals surface area contributed by atoms with Crippen molar-refractivity contribution in [3.8, 4) is 6.07 Å². The lowest BCUT2D eigenvalue weighted by Gasteiger charge is -2.08. The van der Waals surface area contributed by atoms with E-state index in [9.17, 15) is 5.26 Å². The Hall–Kier alpha value is -2.60. The first kappa shape index (κ1) is 13.8. The Labute approximate surface area is 119 Å². The Kier molecular flexibility index (Phi) is 4.52. The van der Waals surface area contributed by atoms with Gasteiger partial charge in [-0.1, -0.05) is 59.7 Å². The molecule has 0 spiro atoms. The van der Waals surface area contributed by atoms with E-state index < -0.39 is 6.04 Å². The van der Waals surface area contributed by atoms with Crippen molar-refractivity contribution in [1.82, 2.24) is 5.43 Å². The van der Waals surface area contributed by atoms with Gasteiger partial charge in [-0.15, -0.1) is 0 Å². The number of rotatable bonds is 4. The van der Waals surface area contributed by atoms with Crippen molar-refractivity contribution in [2.75, 3.05) is 0 Å². The standard InChI is InChI=1S/C17H17N3/c1-13-3-7-15(8-4-13)12-19-20-17(11-18)16-9-5-14(2)6-10-16/h3-10,12,17,20H,1-2H3/b19-12+. The van der Waals surface area contributed by atoms with Crippen LogP contribution in [0.3, 0.4) is 0 Å². The molecule has 1 atom stereocenters. The summed E-state index contributed by atoms with van der Waals surface area (Å²) in [6.45, 7) is 4.07. The number of hydrazone groups is 1. The van der Waals surface area contributed by atoms with Crippen LogP contribution in [0.2, 0.25) is 0 Å². The molecule has 0 heterocycles. The third-order valence-corrected chi connectivity index (χ3v) is 3.03. The van der Waals surface area contributed by atoms with Gasteiger partial charge < -0.3 is 0 Å². The summed E-state index contributed by atoms with van der Waals surface area (Å²) in [5, 5.41) is 13.3. The second-order valence-electron chi connectivity index (χ2n) is 4.77. The molecule has 0 saturated carbocycles. The van der Waals surface area contributed by atoms with Crippen molar-refractivity contribution in [1.29, 1.82) is 5.26 Å². The summed E-state index contributed by atoms with van der Waals surface area (Å²) in [6.07, 6.45) is 1.72. The van der Waals surface area contributed by atoms with Crippen molar-refractivity contribution in [3.05, 3.63) is 70.8 Å². The van der Waals surface area contributed by atoms with Gasteiger partial charge in [0.2, 0.25) is 0 Å². The quantitative estimate of drug-likeness (QED) is 0.678. The third kappa shape index (κ3) is 3.69.